The van der Waals surface area contributed by atoms with E-state index >= 15 is 0 Å². The van der Waals surface area contributed by atoms with Gasteiger partial charge >= 0.3 is 12.0 Å². The number of amides is 3. The number of carbonyl (C=O) groups is 3. The molecule has 5 N–H and O–H groups in total. The van der Waals surface area contributed by atoms with Crippen molar-refractivity contribution in [2.24, 2.45) is 11.1 Å². The lowest BCUT2D eigenvalue weighted by atomic mass is 9.93. The molecule has 3 amide bonds. The Labute approximate surface area is 121 Å². The number of pyridine rings is 1. The van der Waals surface area contributed by atoms with Crippen molar-refractivity contribution in [3.05, 3.63) is 24.0 Å². The molecule has 0 saturated carbocycles. The van der Waals surface area contributed by atoms with Crippen LogP contribution in [0.5, 0.6) is 0 Å². The Hall–Kier alpha value is -2.64. The van der Waals surface area contributed by atoms with Crippen molar-refractivity contribution >= 4 is 23.6 Å². The van der Waals surface area contributed by atoms with E-state index in [4.69, 9.17) is 10.8 Å². The minimum Gasteiger partial charge on any atom is -0.481 e. The average Bonchev–Trinajstić information content (AvgIpc) is 2.38. The van der Waals surface area contributed by atoms with E-state index in [0.717, 1.165) is 0 Å². The number of carboxylic acid groups (broad SMARTS) is 1. The fourth-order valence-corrected chi connectivity index (χ4v) is 1.32. The fourth-order valence-electron chi connectivity index (χ4n) is 1.32. The molecular weight excluding hydrogens is 276 g/mol. The number of hydrogen-bond acceptors (Lipinski definition) is 4. The number of urea groups is 1. The van der Waals surface area contributed by atoms with Gasteiger partial charge in [-0.1, -0.05) is 0 Å². The minimum absolute atomic E-state index is 0.0959. The Morgan fingerprint density at radius 2 is 2.00 bits per heavy atom. The molecule has 1 rings (SSSR count). The zero-order chi connectivity index (χ0) is 16.0. The van der Waals surface area contributed by atoms with E-state index in [0.29, 0.717) is 11.4 Å². The van der Waals surface area contributed by atoms with Gasteiger partial charge in [0.05, 0.1) is 29.4 Å². The molecular formula is C13H18N4O4. The first-order valence-electron chi connectivity index (χ1n) is 6.22. The second-order valence-electron chi connectivity index (χ2n) is 5.16. The molecule has 8 nitrogen and oxygen atoms in total. The van der Waals surface area contributed by atoms with E-state index in [2.05, 4.69) is 15.6 Å². The quantitative estimate of drug-likeness (QED) is 0.600. The molecule has 0 spiro atoms. The van der Waals surface area contributed by atoms with Gasteiger partial charge < -0.3 is 21.5 Å². The molecule has 0 aliphatic heterocycles. The molecule has 1 aromatic rings. The van der Waals surface area contributed by atoms with Crippen LogP contribution in [-0.2, 0) is 16.0 Å². The van der Waals surface area contributed by atoms with Crippen LogP contribution >= 0.6 is 0 Å². The van der Waals surface area contributed by atoms with Gasteiger partial charge in [-0.2, -0.15) is 0 Å². The maximum atomic E-state index is 11.6. The summed E-state index contributed by atoms with van der Waals surface area (Å²) in [6.07, 6.45) is 1.18. The standard InChI is InChI=1S/C13H18N4O4/c1-13(2,11(14)20)7-16-12(21)17-9-4-3-8(15-6-9)5-10(18)19/h3-4,6H,5,7H2,1-2H3,(H2,14,20)(H,18,19)(H2,16,17,21). The molecule has 0 bridgehead atoms. The highest BCUT2D eigenvalue weighted by Gasteiger charge is 2.25. The lowest BCUT2D eigenvalue weighted by molar-refractivity contribution is -0.136. The predicted molar refractivity (Wildman–Crippen MR) is 75.6 cm³/mol. The van der Waals surface area contributed by atoms with Crippen LogP contribution in [0.4, 0.5) is 10.5 Å². The van der Waals surface area contributed by atoms with Crippen molar-refractivity contribution < 1.29 is 19.5 Å². The van der Waals surface area contributed by atoms with E-state index in [1.165, 1.54) is 12.3 Å². The van der Waals surface area contributed by atoms with E-state index in [1.807, 2.05) is 0 Å². The summed E-state index contributed by atoms with van der Waals surface area (Å²) in [5, 5.41) is 13.7. The van der Waals surface area contributed by atoms with Gasteiger partial charge in [-0.25, -0.2) is 4.79 Å². The van der Waals surface area contributed by atoms with Crippen LogP contribution in [0.25, 0.3) is 0 Å². The van der Waals surface area contributed by atoms with Gasteiger partial charge in [-0.05, 0) is 26.0 Å². The molecule has 0 aliphatic rings. The number of rotatable bonds is 6. The summed E-state index contributed by atoms with van der Waals surface area (Å²) in [5.74, 6) is -1.49. The molecule has 1 aromatic heterocycles. The lowest BCUT2D eigenvalue weighted by Crippen LogP contribution is -2.43. The molecule has 0 saturated heterocycles. The SMILES string of the molecule is CC(C)(CNC(=O)Nc1ccc(CC(=O)O)nc1)C(N)=O. The third-order valence-corrected chi connectivity index (χ3v) is 2.77. The molecule has 0 aliphatic carbocycles. The highest BCUT2D eigenvalue weighted by atomic mass is 16.4. The third kappa shape index (κ3) is 5.47. The second kappa shape index (κ2) is 6.69. The highest BCUT2D eigenvalue weighted by molar-refractivity contribution is 5.89. The zero-order valence-corrected chi connectivity index (χ0v) is 11.8. The predicted octanol–water partition coefficient (Wildman–Crippen LogP) is 0.342. The van der Waals surface area contributed by atoms with Crippen LogP contribution in [-0.4, -0.2) is 34.5 Å². The number of primary amides is 1. The first kappa shape index (κ1) is 16.4. The van der Waals surface area contributed by atoms with Crippen LogP contribution in [0.15, 0.2) is 18.3 Å². The van der Waals surface area contributed by atoms with Crippen molar-refractivity contribution in [2.75, 3.05) is 11.9 Å². The Bertz CT molecular complexity index is 540. The molecule has 8 heteroatoms. The van der Waals surface area contributed by atoms with Gasteiger partial charge in [0, 0.05) is 6.54 Å². The van der Waals surface area contributed by atoms with E-state index < -0.39 is 23.3 Å². The molecule has 0 fully saturated rings. The highest BCUT2D eigenvalue weighted by Crippen LogP contribution is 2.12. The Balaban J connectivity index is 2.52. The maximum absolute atomic E-state index is 11.6. The lowest BCUT2D eigenvalue weighted by Gasteiger charge is -2.20. The number of hydrogen-bond donors (Lipinski definition) is 4. The molecule has 1 heterocycles. The van der Waals surface area contributed by atoms with Crippen molar-refractivity contribution in [2.45, 2.75) is 20.3 Å². The van der Waals surface area contributed by atoms with Crippen molar-refractivity contribution in [1.82, 2.24) is 10.3 Å². The minimum atomic E-state index is -0.977. The number of aliphatic carboxylic acids is 1. The summed E-state index contributed by atoms with van der Waals surface area (Å²) in [5.41, 5.74) is 5.16. The molecule has 0 radical (unpaired) electrons. The van der Waals surface area contributed by atoms with Gasteiger partial charge in [0.15, 0.2) is 0 Å². The summed E-state index contributed by atoms with van der Waals surface area (Å²) in [6, 6.07) is 2.55. The number of anilines is 1. The number of nitrogens with one attached hydrogen (secondary N) is 2. The van der Waals surface area contributed by atoms with Crippen LogP contribution in [0.3, 0.4) is 0 Å². The fraction of sp³-hybridized carbons (Fsp3) is 0.385. The zero-order valence-electron chi connectivity index (χ0n) is 11.8. The van der Waals surface area contributed by atoms with Crippen LogP contribution in [0, 0.1) is 5.41 Å². The van der Waals surface area contributed by atoms with Crippen molar-refractivity contribution in [3.63, 3.8) is 0 Å². The second-order valence-corrected chi connectivity index (χ2v) is 5.16. The molecule has 0 unspecified atom stereocenters. The molecule has 0 atom stereocenters. The molecule has 0 aromatic carbocycles. The smallest absolute Gasteiger partial charge is 0.319 e. The van der Waals surface area contributed by atoms with Crippen molar-refractivity contribution in [3.8, 4) is 0 Å². The average molecular weight is 294 g/mol. The Morgan fingerprint density at radius 1 is 1.33 bits per heavy atom. The maximum Gasteiger partial charge on any atom is 0.319 e. The normalized spacial score (nSPS) is 10.8. The number of carboxylic acids is 1. The summed E-state index contributed by atoms with van der Waals surface area (Å²) in [6.45, 7) is 3.34. The van der Waals surface area contributed by atoms with Gasteiger partial charge in [0.25, 0.3) is 0 Å². The number of aromatic nitrogens is 1. The van der Waals surface area contributed by atoms with Gasteiger partial charge in [0.2, 0.25) is 5.91 Å². The largest absolute Gasteiger partial charge is 0.481 e. The summed E-state index contributed by atoms with van der Waals surface area (Å²) >= 11 is 0. The molecule has 21 heavy (non-hydrogen) atoms. The number of carbonyl (C=O) groups excluding carboxylic acids is 2. The summed E-state index contributed by atoms with van der Waals surface area (Å²) in [4.78, 5) is 37.2. The Morgan fingerprint density at radius 3 is 2.48 bits per heavy atom. The van der Waals surface area contributed by atoms with E-state index in [1.54, 1.807) is 19.9 Å². The van der Waals surface area contributed by atoms with E-state index in [-0.39, 0.29) is 13.0 Å². The first-order valence-corrected chi connectivity index (χ1v) is 6.22. The summed E-state index contributed by atoms with van der Waals surface area (Å²) in [7, 11) is 0. The third-order valence-electron chi connectivity index (χ3n) is 2.77. The number of nitrogens with two attached hydrogens (primary N) is 1. The van der Waals surface area contributed by atoms with Gasteiger partial charge in [-0.15, -0.1) is 0 Å². The molecule has 114 valence electrons. The van der Waals surface area contributed by atoms with Crippen molar-refractivity contribution in [1.29, 1.82) is 0 Å². The topological polar surface area (TPSA) is 134 Å². The van der Waals surface area contributed by atoms with Gasteiger partial charge in [-0.3, -0.25) is 14.6 Å². The van der Waals surface area contributed by atoms with Crippen LogP contribution in [0.1, 0.15) is 19.5 Å². The van der Waals surface area contributed by atoms with E-state index in [9.17, 15) is 14.4 Å². The number of nitrogens with zero attached hydrogens (tertiary/aromatic N) is 1. The van der Waals surface area contributed by atoms with Crippen LogP contribution < -0.4 is 16.4 Å². The van der Waals surface area contributed by atoms with Crippen LogP contribution in [0.2, 0.25) is 0 Å². The monoisotopic (exact) mass is 294 g/mol. The van der Waals surface area contributed by atoms with Gasteiger partial charge in [0.1, 0.15) is 0 Å². The Kier molecular flexibility index (Phi) is 5.23. The summed E-state index contributed by atoms with van der Waals surface area (Å²) < 4.78 is 0. The first-order chi connectivity index (χ1) is 9.70.